The van der Waals surface area contributed by atoms with Gasteiger partial charge >= 0.3 is 0 Å². The molecule has 0 fully saturated rings. The Balaban J connectivity index is 2.98. The van der Waals surface area contributed by atoms with E-state index in [1.54, 1.807) is 11.8 Å². The Hall–Kier alpha value is -0.480. The lowest BCUT2D eigenvalue weighted by atomic mass is 10.1. The number of hydrogen-bond donors (Lipinski definition) is 0. The van der Waals surface area contributed by atoms with Crippen LogP contribution in [0.4, 0.5) is 0 Å². The van der Waals surface area contributed by atoms with E-state index in [0.29, 0.717) is 18.4 Å². The second kappa shape index (κ2) is 6.97. The number of benzene rings is 1. The van der Waals surface area contributed by atoms with Crippen LogP contribution in [0.1, 0.15) is 12.5 Å². The van der Waals surface area contributed by atoms with E-state index in [2.05, 4.69) is 15.9 Å². The van der Waals surface area contributed by atoms with Gasteiger partial charge in [0.15, 0.2) is 0 Å². The van der Waals surface area contributed by atoms with Crippen molar-refractivity contribution in [2.24, 2.45) is 0 Å². The fourth-order valence-corrected chi connectivity index (χ4v) is 2.39. The third-order valence-corrected chi connectivity index (χ3v) is 3.60. The van der Waals surface area contributed by atoms with Gasteiger partial charge in [0.1, 0.15) is 11.5 Å². The summed E-state index contributed by atoms with van der Waals surface area (Å²) in [5, 5.41) is 0.402. The number of hydrogen-bond acceptors (Lipinski definition) is 3. The van der Waals surface area contributed by atoms with Crippen LogP contribution in [0.2, 0.25) is 0 Å². The minimum absolute atomic E-state index is 0.184. The van der Waals surface area contributed by atoms with Gasteiger partial charge in [0.25, 0.3) is 0 Å². The zero-order valence-corrected chi connectivity index (χ0v) is 11.9. The fourth-order valence-electron chi connectivity index (χ4n) is 1.46. The molecular formula is C12H15BrO2S. The molecule has 0 amide bonds. The average molecular weight is 303 g/mol. The first-order valence-corrected chi connectivity index (χ1v) is 7.43. The molecule has 0 bridgehead atoms. The van der Waals surface area contributed by atoms with Crippen LogP contribution in [0.5, 0.6) is 5.75 Å². The van der Waals surface area contributed by atoms with Crippen LogP contribution in [0, 0.1) is 0 Å². The Labute approximate surface area is 109 Å². The van der Waals surface area contributed by atoms with Gasteiger partial charge in [-0.15, -0.1) is 11.8 Å². The monoisotopic (exact) mass is 302 g/mol. The van der Waals surface area contributed by atoms with Gasteiger partial charge in [0, 0.05) is 6.42 Å². The summed E-state index contributed by atoms with van der Waals surface area (Å²) in [6.07, 6.45) is 2.46. The van der Waals surface area contributed by atoms with Gasteiger partial charge in [0.2, 0.25) is 0 Å². The number of ketones is 1. The summed E-state index contributed by atoms with van der Waals surface area (Å²) >= 11 is 4.80. The number of halogens is 1. The third-order valence-electron chi connectivity index (χ3n) is 2.10. The largest absolute Gasteiger partial charge is 0.493 e. The SMILES string of the molecule is CCOc1cccc(CC(=O)CBr)c1SC. The first kappa shape index (κ1) is 13.6. The molecule has 0 aliphatic heterocycles. The lowest BCUT2D eigenvalue weighted by Gasteiger charge is -2.12. The van der Waals surface area contributed by atoms with E-state index in [1.165, 1.54) is 0 Å². The molecule has 0 saturated carbocycles. The Bertz CT molecular complexity index is 366. The standard InChI is InChI=1S/C12H15BrO2S/c1-3-15-11-6-4-5-9(12(11)16-2)7-10(14)8-13/h4-6H,3,7-8H2,1-2H3. The van der Waals surface area contributed by atoms with E-state index < -0.39 is 0 Å². The topological polar surface area (TPSA) is 26.3 Å². The van der Waals surface area contributed by atoms with Gasteiger partial charge in [-0.05, 0) is 24.8 Å². The highest BCUT2D eigenvalue weighted by atomic mass is 79.9. The molecule has 0 aliphatic rings. The van der Waals surface area contributed by atoms with Gasteiger partial charge in [-0.25, -0.2) is 0 Å². The van der Waals surface area contributed by atoms with Gasteiger partial charge < -0.3 is 4.74 Å². The maximum absolute atomic E-state index is 11.4. The zero-order chi connectivity index (χ0) is 12.0. The number of thioether (sulfide) groups is 1. The molecule has 1 aromatic carbocycles. The zero-order valence-electron chi connectivity index (χ0n) is 9.46. The number of Topliss-reactive ketones (excluding diaryl/α,β-unsaturated/α-hetero) is 1. The van der Waals surface area contributed by atoms with Gasteiger partial charge in [-0.1, -0.05) is 28.1 Å². The molecular weight excluding hydrogens is 288 g/mol. The Morgan fingerprint density at radius 3 is 2.81 bits per heavy atom. The van der Waals surface area contributed by atoms with Crippen molar-refractivity contribution in [3.8, 4) is 5.75 Å². The third kappa shape index (κ3) is 3.52. The molecule has 2 nitrogen and oxygen atoms in total. The van der Waals surface area contributed by atoms with Crippen molar-refractivity contribution in [1.29, 1.82) is 0 Å². The number of alkyl halides is 1. The molecule has 0 heterocycles. The van der Waals surface area contributed by atoms with Crippen molar-refractivity contribution in [2.75, 3.05) is 18.2 Å². The van der Waals surface area contributed by atoms with Crippen molar-refractivity contribution >= 4 is 33.5 Å². The Morgan fingerprint density at radius 2 is 2.25 bits per heavy atom. The van der Waals surface area contributed by atoms with Crippen LogP contribution in [-0.2, 0) is 11.2 Å². The second-order valence-electron chi connectivity index (χ2n) is 3.23. The lowest BCUT2D eigenvalue weighted by molar-refractivity contribution is -0.115. The molecule has 0 N–H and O–H groups in total. The molecule has 1 aromatic rings. The van der Waals surface area contributed by atoms with Crippen LogP contribution in [0.3, 0.4) is 0 Å². The first-order chi connectivity index (χ1) is 7.72. The number of rotatable bonds is 6. The van der Waals surface area contributed by atoms with E-state index in [4.69, 9.17) is 4.74 Å². The normalized spacial score (nSPS) is 10.2. The van der Waals surface area contributed by atoms with E-state index in [1.807, 2.05) is 31.4 Å². The maximum Gasteiger partial charge on any atom is 0.147 e. The van der Waals surface area contributed by atoms with Crippen LogP contribution in [-0.4, -0.2) is 24.0 Å². The molecule has 4 heteroatoms. The molecule has 0 atom stereocenters. The van der Waals surface area contributed by atoms with Crippen LogP contribution in [0.25, 0.3) is 0 Å². The molecule has 0 spiro atoms. The van der Waals surface area contributed by atoms with Gasteiger partial charge in [-0.3, -0.25) is 4.79 Å². The minimum Gasteiger partial charge on any atom is -0.493 e. The summed E-state index contributed by atoms with van der Waals surface area (Å²) in [6, 6.07) is 5.86. The molecule has 16 heavy (non-hydrogen) atoms. The summed E-state index contributed by atoms with van der Waals surface area (Å²) < 4.78 is 5.54. The Kier molecular flexibility index (Phi) is 5.91. The highest BCUT2D eigenvalue weighted by Crippen LogP contribution is 2.31. The summed E-state index contributed by atoms with van der Waals surface area (Å²) in [5.74, 6) is 1.05. The molecule has 88 valence electrons. The Morgan fingerprint density at radius 1 is 1.50 bits per heavy atom. The fraction of sp³-hybridized carbons (Fsp3) is 0.417. The quantitative estimate of drug-likeness (QED) is 0.596. The van der Waals surface area contributed by atoms with E-state index >= 15 is 0 Å². The summed E-state index contributed by atoms with van der Waals surface area (Å²) in [4.78, 5) is 12.5. The van der Waals surface area contributed by atoms with Crippen LogP contribution in [0.15, 0.2) is 23.1 Å². The van der Waals surface area contributed by atoms with Crippen LogP contribution < -0.4 is 4.74 Å². The highest BCUT2D eigenvalue weighted by Gasteiger charge is 2.11. The number of carbonyl (C=O) groups is 1. The van der Waals surface area contributed by atoms with Crippen molar-refractivity contribution in [2.45, 2.75) is 18.2 Å². The number of ether oxygens (including phenoxy) is 1. The van der Waals surface area contributed by atoms with Gasteiger partial charge in [0.05, 0.1) is 16.8 Å². The summed E-state index contributed by atoms with van der Waals surface area (Å²) in [7, 11) is 0. The molecule has 0 saturated heterocycles. The van der Waals surface area contributed by atoms with Crippen molar-refractivity contribution < 1.29 is 9.53 Å². The molecule has 0 aromatic heterocycles. The number of carbonyl (C=O) groups excluding carboxylic acids is 1. The summed E-state index contributed by atoms with van der Waals surface area (Å²) in [5.41, 5.74) is 1.04. The van der Waals surface area contributed by atoms with Crippen molar-refractivity contribution in [1.82, 2.24) is 0 Å². The van der Waals surface area contributed by atoms with E-state index in [-0.39, 0.29) is 5.78 Å². The smallest absolute Gasteiger partial charge is 0.147 e. The minimum atomic E-state index is 0.184. The molecule has 0 unspecified atom stereocenters. The molecule has 0 radical (unpaired) electrons. The second-order valence-corrected chi connectivity index (χ2v) is 4.61. The average Bonchev–Trinajstić information content (AvgIpc) is 2.29. The van der Waals surface area contributed by atoms with Crippen molar-refractivity contribution in [3.05, 3.63) is 23.8 Å². The highest BCUT2D eigenvalue weighted by molar-refractivity contribution is 9.09. The van der Waals surface area contributed by atoms with Gasteiger partial charge in [-0.2, -0.15) is 0 Å². The lowest BCUT2D eigenvalue weighted by Crippen LogP contribution is -2.05. The summed E-state index contributed by atoms with van der Waals surface area (Å²) in [6.45, 7) is 2.60. The van der Waals surface area contributed by atoms with E-state index in [9.17, 15) is 4.79 Å². The molecule has 0 aliphatic carbocycles. The molecule has 1 rings (SSSR count). The predicted octanol–water partition coefficient (Wildman–Crippen LogP) is 3.31. The van der Waals surface area contributed by atoms with E-state index in [0.717, 1.165) is 16.2 Å². The maximum atomic E-state index is 11.4. The van der Waals surface area contributed by atoms with Crippen molar-refractivity contribution in [3.63, 3.8) is 0 Å². The van der Waals surface area contributed by atoms with Crippen LogP contribution >= 0.6 is 27.7 Å². The predicted molar refractivity (Wildman–Crippen MR) is 71.9 cm³/mol. The first-order valence-electron chi connectivity index (χ1n) is 5.09.